The molecule has 1 saturated heterocycles. The van der Waals surface area contributed by atoms with E-state index in [1.807, 2.05) is 0 Å². The molecule has 0 radical (unpaired) electrons. The van der Waals surface area contributed by atoms with Gasteiger partial charge in [-0.2, -0.15) is 0 Å². The van der Waals surface area contributed by atoms with Crippen LogP contribution >= 0.6 is 0 Å². The van der Waals surface area contributed by atoms with E-state index in [4.69, 9.17) is 5.73 Å². The van der Waals surface area contributed by atoms with Gasteiger partial charge in [-0.1, -0.05) is 20.8 Å². The standard InChI is InChI=1S/C18H36N2O/c1-4-20-12-5-8-18(21,11-13-20)17(14-19)9-6-16(7-10-17)15(2)3/h15-16,21H,4-14,19H2,1-3H3. The highest BCUT2D eigenvalue weighted by Crippen LogP contribution is 2.51. The number of hydrogen-bond acceptors (Lipinski definition) is 3. The smallest absolute Gasteiger partial charge is 0.0728 e. The number of rotatable bonds is 4. The summed E-state index contributed by atoms with van der Waals surface area (Å²) in [6.45, 7) is 10.8. The maximum absolute atomic E-state index is 11.5. The van der Waals surface area contributed by atoms with Gasteiger partial charge in [-0.15, -0.1) is 0 Å². The molecule has 1 unspecified atom stereocenters. The summed E-state index contributed by atoms with van der Waals surface area (Å²) in [4.78, 5) is 2.47. The van der Waals surface area contributed by atoms with E-state index in [1.54, 1.807) is 0 Å². The predicted octanol–water partition coefficient (Wildman–Crippen LogP) is 3.01. The quantitative estimate of drug-likeness (QED) is 0.838. The summed E-state index contributed by atoms with van der Waals surface area (Å²) in [6.07, 6.45) is 7.68. The van der Waals surface area contributed by atoms with Gasteiger partial charge in [0.2, 0.25) is 0 Å². The highest BCUT2D eigenvalue weighted by molar-refractivity contribution is 5.03. The van der Waals surface area contributed by atoms with Gasteiger partial charge in [-0.3, -0.25) is 0 Å². The first-order valence-electron chi connectivity index (χ1n) is 9.11. The molecule has 0 aromatic rings. The fourth-order valence-electron chi connectivity index (χ4n) is 4.74. The summed E-state index contributed by atoms with van der Waals surface area (Å²) in [5.41, 5.74) is 5.66. The molecule has 2 rings (SSSR count). The summed E-state index contributed by atoms with van der Waals surface area (Å²) in [5.74, 6) is 1.59. The number of likely N-dealkylation sites (tertiary alicyclic amines) is 1. The lowest BCUT2D eigenvalue weighted by Gasteiger charge is -2.51. The lowest BCUT2D eigenvalue weighted by atomic mass is 9.58. The molecule has 124 valence electrons. The minimum absolute atomic E-state index is 0.0257. The van der Waals surface area contributed by atoms with Gasteiger partial charge in [0.15, 0.2) is 0 Å². The Kier molecular flexibility index (Phi) is 5.72. The van der Waals surface area contributed by atoms with Crippen LogP contribution in [0, 0.1) is 17.3 Å². The molecule has 21 heavy (non-hydrogen) atoms. The van der Waals surface area contributed by atoms with Gasteiger partial charge in [0.25, 0.3) is 0 Å². The minimum atomic E-state index is -0.534. The van der Waals surface area contributed by atoms with Crippen molar-refractivity contribution < 1.29 is 5.11 Å². The number of aliphatic hydroxyl groups is 1. The Balaban J connectivity index is 2.09. The van der Waals surface area contributed by atoms with Crippen molar-refractivity contribution >= 4 is 0 Å². The third-order valence-corrected chi connectivity index (χ3v) is 6.66. The van der Waals surface area contributed by atoms with Gasteiger partial charge < -0.3 is 15.7 Å². The Morgan fingerprint density at radius 3 is 2.33 bits per heavy atom. The molecule has 3 N–H and O–H groups in total. The van der Waals surface area contributed by atoms with Crippen molar-refractivity contribution in [2.45, 2.75) is 71.3 Å². The van der Waals surface area contributed by atoms with E-state index in [0.717, 1.165) is 63.6 Å². The van der Waals surface area contributed by atoms with Gasteiger partial charge in [0.05, 0.1) is 5.60 Å². The average molecular weight is 296 g/mol. The van der Waals surface area contributed by atoms with E-state index < -0.39 is 5.60 Å². The van der Waals surface area contributed by atoms with E-state index >= 15 is 0 Å². The Bertz CT molecular complexity index is 323. The van der Waals surface area contributed by atoms with E-state index in [2.05, 4.69) is 25.7 Å². The van der Waals surface area contributed by atoms with E-state index in [-0.39, 0.29) is 5.41 Å². The summed E-state index contributed by atoms with van der Waals surface area (Å²) in [5, 5.41) is 11.5. The summed E-state index contributed by atoms with van der Waals surface area (Å²) < 4.78 is 0. The molecule has 3 heteroatoms. The molecule has 3 nitrogen and oxygen atoms in total. The molecule has 1 heterocycles. The second-order valence-corrected chi connectivity index (χ2v) is 7.89. The summed E-state index contributed by atoms with van der Waals surface area (Å²) in [7, 11) is 0. The third kappa shape index (κ3) is 3.46. The van der Waals surface area contributed by atoms with Crippen LogP contribution in [0.2, 0.25) is 0 Å². The van der Waals surface area contributed by atoms with Crippen LogP contribution < -0.4 is 5.73 Å². The lowest BCUT2D eigenvalue weighted by molar-refractivity contribution is -0.115. The van der Waals surface area contributed by atoms with Gasteiger partial charge in [0, 0.05) is 18.5 Å². The molecule has 0 amide bonds. The van der Waals surface area contributed by atoms with Crippen molar-refractivity contribution in [3.63, 3.8) is 0 Å². The van der Waals surface area contributed by atoms with Crippen LogP contribution in [-0.2, 0) is 0 Å². The van der Waals surface area contributed by atoms with E-state index in [9.17, 15) is 5.11 Å². The number of hydrogen-bond donors (Lipinski definition) is 2. The normalized spacial score (nSPS) is 39.4. The number of nitrogens with zero attached hydrogens (tertiary/aromatic N) is 1. The van der Waals surface area contributed by atoms with Crippen molar-refractivity contribution in [1.82, 2.24) is 4.90 Å². The van der Waals surface area contributed by atoms with Crippen LogP contribution in [-0.4, -0.2) is 41.8 Å². The second-order valence-electron chi connectivity index (χ2n) is 7.89. The maximum atomic E-state index is 11.5. The molecule has 0 aromatic carbocycles. The van der Waals surface area contributed by atoms with Crippen LogP contribution in [0.4, 0.5) is 0 Å². The molecule has 2 fully saturated rings. The Labute approximate surface area is 131 Å². The Morgan fingerprint density at radius 1 is 1.14 bits per heavy atom. The largest absolute Gasteiger partial charge is 0.389 e. The predicted molar refractivity (Wildman–Crippen MR) is 89.2 cm³/mol. The highest BCUT2D eigenvalue weighted by Gasteiger charge is 2.50. The molecule has 1 saturated carbocycles. The van der Waals surface area contributed by atoms with Crippen molar-refractivity contribution in [3.8, 4) is 0 Å². The molecule has 0 bridgehead atoms. The molecule has 1 aliphatic heterocycles. The third-order valence-electron chi connectivity index (χ3n) is 6.66. The zero-order valence-electron chi connectivity index (χ0n) is 14.4. The van der Waals surface area contributed by atoms with Crippen molar-refractivity contribution in [1.29, 1.82) is 0 Å². The number of nitrogens with two attached hydrogens (primary N) is 1. The van der Waals surface area contributed by atoms with Gasteiger partial charge >= 0.3 is 0 Å². The van der Waals surface area contributed by atoms with Crippen LogP contribution in [0.15, 0.2) is 0 Å². The topological polar surface area (TPSA) is 49.5 Å². The maximum Gasteiger partial charge on any atom is 0.0728 e. The first-order valence-corrected chi connectivity index (χ1v) is 9.11. The van der Waals surface area contributed by atoms with Crippen molar-refractivity contribution in [2.75, 3.05) is 26.2 Å². The molecular weight excluding hydrogens is 260 g/mol. The van der Waals surface area contributed by atoms with Crippen LogP contribution in [0.3, 0.4) is 0 Å². The van der Waals surface area contributed by atoms with Crippen LogP contribution in [0.1, 0.15) is 65.7 Å². The van der Waals surface area contributed by atoms with Gasteiger partial charge in [0.1, 0.15) is 0 Å². The molecule has 1 atom stereocenters. The fraction of sp³-hybridized carbons (Fsp3) is 1.00. The lowest BCUT2D eigenvalue weighted by Crippen LogP contribution is -2.55. The second kappa shape index (κ2) is 6.97. The van der Waals surface area contributed by atoms with Crippen LogP contribution in [0.5, 0.6) is 0 Å². The SMILES string of the molecule is CCN1CCCC(O)(C2(CN)CCC(C(C)C)CC2)CC1. The average Bonchev–Trinajstić information content (AvgIpc) is 2.70. The van der Waals surface area contributed by atoms with E-state index in [1.165, 1.54) is 12.8 Å². The molecule has 1 aliphatic carbocycles. The van der Waals surface area contributed by atoms with Gasteiger partial charge in [-0.05, 0) is 69.9 Å². The first-order chi connectivity index (χ1) is 9.96. The van der Waals surface area contributed by atoms with Crippen molar-refractivity contribution in [3.05, 3.63) is 0 Å². The van der Waals surface area contributed by atoms with E-state index in [0.29, 0.717) is 6.54 Å². The van der Waals surface area contributed by atoms with Crippen LogP contribution in [0.25, 0.3) is 0 Å². The Hall–Kier alpha value is -0.120. The monoisotopic (exact) mass is 296 g/mol. The first kappa shape index (κ1) is 17.2. The minimum Gasteiger partial charge on any atom is -0.389 e. The van der Waals surface area contributed by atoms with Crippen molar-refractivity contribution in [2.24, 2.45) is 23.0 Å². The zero-order chi connectivity index (χ0) is 15.5. The zero-order valence-corrected chi connectivity index (χ0v) is 14.4. The molecular formula is C18H36N2O. The molecule has 2 aliphatic rings. The summed E-state index contributed by atoms with van der Waals surface area (Å²) >= 11 is 0. The fourth-order valence-corrected chi connectivity index (χ4v) is 4.74. The summed E-state index contributed by atoms with van der Waals surface area (Å²) in [6, 6.07) is 0. The molecule has 0 spiro atoms. The molecule has 0 aromatic heterocycles. The highest BCUT2D eigenvalue weighted by atomic mass is 16.3. The van der Waals surface area contributed by atoms with Gasteiger partial charge in [-0.25, -0.2) is 0 Å². The Morgan fingerprint density at radius 2 is 1.81 bits per heavy atom.